The van der Waals surface area contributed by atoms with Crippen molar-refractivity contribution in [2.24, 2.45) is 0 Å². The minimum atomic E-state index is -5.66. The third kappa shape index (κ3) is 3.61. The Hall–Kier alpha value is -5.50. The first-order chi connectivity index (χ1) is 18.7. The first kappa shape index (κ1) is 26.1. The van der Waals surface area contributed by atoms with Crippen molar-refractivity contribution in [3.05, 3.63) is 112 Å². The van der Waals surface area contributed by atoms with Crippen LogP contribution in [-0.2, 0) is 12.4 Å². The molecule has 0 radical (unpaired) electrons. The Kier molecular flexibility index (Phi) is 5.55. The highest BCUT2D eigenvalue weighted by Crippen LogP contribution is 2.44. The summed E-state index contributed by atoms with van der Waals surface area (Å²) < 4.78 is 86.9. The lowest BCUT2D eigenvalue weighted by atomic mass is 9.96. The Morgan fingerprint density at radius 2 is 0.750 bits per heavy atom. The molecular formula is C26H8F6N4O4. The topological polar surface area (TPSA) is 126 Å². The fourth-order valence-electron chi connectivity index (χ4n) is 4.64. The molecule has 0 atom stereocenters. The maximum Gasteiger partial charge on any atom is 0.418 e. The molecule has 2 heterocycles. The molecule has 0 spiro atoms. The summed E-state index contributed by atoms with van der Waals surface area (Å²) in [5.41, 5.74) is -12.4. The van der Waals surface area contributed by atoms with Crippen molar-refractivity contribution < 1.29 is 26.3 Å². The number of hydrogen-bond donors (Lipinski definition) is 0. The van der Waals surface area contributed by atoms with Crippen molar-refractivity contribution in [1.29, 1.82) is 10.5 Å². The fourth-order valence-corrected chi connectivity index (χ4v) is 4.64. The van der Waals surface area contributed by atoms with Gasteiger partial charge < -0.3 is 0 Å². The number of hydrogen-bond acceptors (Lipinski definition) is 6. The van der Waals surface area contributed by atoms with Crippen molar-refractivity contribution in [3.63, 3.8) is 0 Å². The van der Waals surface area contributed by atoms with E-state index in [0.717, 1.165) is 48.5 Å². The van der Waals surface area contributed by atoms with Gasteiger partial charge in [-0.2, -0.15) is 36.9 Å². The van der Waals surface area contributed by atoms with Crippen LogP contribution in [0.4, 0.5) is 26.3 Å². The van der Waals surface area contributed by atoms with E-state index >= 15 is 0 Å². The third-order valence-electron chi connectivity index (χ3n) is 6.24. The van der Waals surface area contributed by atoms with Crippen molar-refractivity contribution in [1.82, 2.24) is 9.13 Å². The van der Waals surface area contributed by atoms with Gasteiger partial charge >= 0.3 is 12.4 Å². The summed E-state index contributed by atoms with van der Waals surface area (Å²) in [5, 5.41) is 11.0. The van der Waals surface area contributed by atoms with Gasteiger partial charge in [-0.25, -0.2) is 9.13 Å². The summed E-state index contributed by atoms with van der Waals surface area (Å²) in [6, 6.07) is 11.6. The van der Waals surface area contributed by atoms with Gasteiger partial charge in [0.2, 0.25) is 0 Å². The van der Waals surface area contributed by atoms with Crippen molar-refractivity contribution in [2.75, 3.05) is 0 Å². The van der Waals surface area contributed by atoms with Crippen molar-refractivity contribution in [2.45, 2.75) is 12.4 Å². The van der Waals surface area contributed by atoms with Gasteiger partial charge in [0.05, 0.1) is 67.3 Å². The quantitative estimate of drug-likeness (QED) is 0.307. The minimum Gasteiger partial charge on any atom is -0.268 e. The molecule has 3 aromatic carbocycles. The standard InChI is InChI=1S/C26H8F6N4O4/c27-25(28,29)19-15-16(22(38)35(21(15)37)13-5-1-11(9-33)2-6-13)20(26(30,31)32)18-17(19)23(39)36(24(18)40)14-7-3-12(10-34)4-8-14/h1-8H. The third-order valence-corrected chi connectivity index (χ3v) is 6.24. The molecule has 0 saturated carbocycles. The van der Waals surface area contributed by atoms with Gasteiger partial charge in [-0.3, -0.25) is 19.2 Å². The molecule has 0 unspecified atom stereocenters. The highest BCUT2D eigenvalue weighted by atomic mass is 19.4. The van der Waals surface area contributed by atoms with Crippen molar-refractivity contribution in [3.8, 4) is 23.5 Å². The molecule has 0 fully saturated rings. The van der Waals surface area contributed by atoms with E-state index in [-0.39, 0.29) is 20.3 Å². The summed E-state index contributed by atoms with van der Waals surface area (Å²) in [5.74, 6) is 0. The second kappa shape index (κ2) is 8.51. The highest BCUT2D eigenvalue weighted by molar-refractivity contribution is 6.07. The van der Waals surface area contributed by atoms with E-state index in [4.69, 9.17) is 10.5 Å². The molecule has 0 N–H and O–H groups in total. The van der Waals surface area contributed by atoms with Gasteiger partial charge in [0, 0.05) is 0 Å². The van der Waals surface area contributed by atoms with Gasteiger partial charge in [-0.15, -0.1) is 0 Å². The zero-order valence-electron chi connectivity index (χ0n) is 19.3. The molecule has 5 rings (SSSR count). The van der Waals surface area contributed by atoms with Gasteiger partial charge in [0.1, 0.15) is 0 Å². The normalized spacial score (nSPS) is 12.1. The Labute approximate surface area is 216 Å². The van der Waals surface area contributed by atoms with Crippen LogP contribution in [0.1, 0.15) is 22.3 Å². The van der Waals surface area contributed by atoms with Gasteiger partial charge in [0.15, 0.2) is 0 Å². The van der Waals surface area contributed by atoms with Crippen LogP contribution in [0.25, 0.3) is 32.9 Å². The first-order valence-corrected chi connectivity index (χ1v) is 10.9. The van der Waals surface area contributed by atoms with Crippen LogP contribution in [-0.4, -0.2) is 9.13 Å². The molecule has 0 aliphatic heterocycles. The van der Waals surface area contributed by atoms with E-state index in [0.29, 0.717) is 0 Å². The minimum absolute atomic E-state index is 0.0189. The molecule has 0 aliphatic carbocycles. The van der Waals surface area contributed by atoms with Crippen LogP contribution in [0.2, 0.25) is 0 Å². The molecule has 198 valence electrons. The number of nitriles is 2. The van der Waals surface area contributed by atoms with E-state index in [9.17, 15) is 45.5 Å². The van der Waals surface area contributed by atoms with Crippen LogP contribution < -0.4 is 22.2 Å². The van der Waals surface area contributed by atoms with Gasteiger partial charge in [-0.1, -0.05) is 0 Å². The van der Waals surface area contributed by atoms with E-state index in [1.165, 1.54) is 0 Å². The SMILES string of the molecule is N#Cc1ccc(-n2c(=O)c3c(C(F)(F)F)c4c(=O)n(-c5ccc(C#N)cc5)c(=O)c4c(C(F)(F)F)c3c2=O)cc1. The zero-order chi connectivity index (χ0) is 29.3. The van der Waals surface area contributed by atoms with Crippen LogP contribution in [0, 0.1) is 22.7 Å². The molecule has 14 heteroatoms. The largest absolute Gasteiger partial charge is 0.418 e. The number of benzene rings is 3. The van der Waals surface area contributed by atoms with Gasteiger partial charge in [0.25, 0.3) is 22.2 Å². The zero-order valence-corrected chi connectivity index (χ0v) is 19.3. The molecule has 5 aromatic rings. The predicted molar refractivity (Wildman–Crippen MR) is 127 cm³/mol. The summed E-state index contributed by atoms with van der Waals surface area (Å²) in [6.07, 6.45) is -11.3. The molecule has 0 bridgehead atoms. The summed E-state index contributed by atoms with van der Waals surface area (Å²) in [7, 11) is 0. The maximum absolute atomic E-state index is 14.5. The molecule has 0 amide bonds. The number of nitrogens with zero attached hydrogens (tertiary/aromatic N) is 4. The van der Waals surface area contributed by atoms with Crippen molar-refractivity contribution >= 4 is 21.5 Å². The number of rotatable bonds is 2. The maximum atomic E-state index is 14.5. The number of aromatic nitrogens is 2. The number of fused-ring (bicyclic) bond motifs is 2. The highest BCUT2D eigenvalue weighted by Gasteiger charge is 2.47. The molecule has 0 saturated heterocycles. The van der Waals surface area contributed by atoms with Gasteiger partial charge in [-0.05, 0) is 48.5 Å². The Balaban J connectivity index is 2.08. The lowest BCUT2D eigenvalue weighted by Gasteiger charge is -2.13. The van der Waals surface area contributed by atoms with Crippen LogP contribution in [0.15, 0.2) is 67.7 Å². The lowest BCUT2D eigenvalue weighted by molar-refractivity contribution is -0.137. The number of halogens is 6. The fraction of sp³-hybridized carbons (Fsp3) is 0.0769. The average molecular weight is 554 g/mol. The monoisotopic (exact) mass is 554 g/mol. The summed E-state index contributed by atoms with van der Waals surface area (Å²) >= 11 is 0. The summed E-state index contributed by atoms with van der Waals surface area (Å²) in [4.78, 5) is 53.0. The summed E-state index contributed by atoms with van der Waals surface area (Å²) in [6.45, 7) is 0. The Bertz CT molecular complexity index is 1930. The second-order valence-electron chi connectivity index (χ2n) is 8.45. The van der Waals surface area contributed by atoms with E-state index in [2.05, 4.69) is 0 Å². The Morgan fingerprint density at radius 3 is 0.950 bits per heavy atom. The smallest absolute Gasteiger partial charge is 0.268 e. The molecule has 2 aromatic heterocycles. The number of alkyl halides is 6. The predicted octanol–water partition coefficient (Wildman–Crippen LogP) is 3.67. The molecule has 40 heavy (non-hydrogen) atoms. The van der Waals surface area contributed by atoms with Crippen LogP contribution in [0.3, 0.4) is 0 Å². The molecular weight excluding hydrogens is 546 g/mol. The van der Waals surface area contributed by atoms with E-state index < -0.39 is 78.6 Å². The Morgan fingerprint density at radius 1 is 0.500 bits per heavy atom. The molecule has 8 nitrogen and oxygen atoms in total. The average Bonchev–Trinajstić information content (AvgIpc) is 3.30. The van der Waals surface area contributed by atoms with Crippen LogP contribution >= 0.6 is 0 Å². The molecule has 0 aliphatic rings. The first-order valence-electron chi connectivity index (χ1n) is 10.9. The van der Waals surface area contributed by atoms with E-state index in [1.807, 2.05) is 0 Å². The van der Waals surface area contributed by atoms with Crippen LogP contribution in [0.5, 0.6) is 0 Å². The lowest BCUT2D eigenvalue weighted by Crippen LogP contribution is -2.25. The second-order valence-corrected chi connectivity index (χ2v) is 8.45. The van der Waals surface area contributed by atoms with E-state index in [1.54, 1.807) is 12.1 Å².